The first-order valence-electron chi connectivity index (χ1n) is 6.08. The zero-order valence-corrected chi connectivity index (χ0v) is 8.81. The van der Waals surface area contributed by atoms with E-state index in [0.717, 1.165) is 12.1 Å². The molecule has 0 aromatic carbocycles. The van der Waals surface area contributed by atoms with Crippen molar-refractivity contribution in [3.8, 4) is 0 Å². The minimum Gasteiger partial charge on any atom is -0.317 e. The molecule has 0 aromatic heterocycles. The molecule has 3 nitrogen and oxygen atoms in total. The first-order valence-corrected chi connectivity index (χ1v) is 6.08. The molecule has 3 N–H and O–H groups in total. The van der Waals surface area contributed by atoms with Gasteiger partial charge in [0.05, 0.1) is 0 Å². The Morgan fingerprint density at radius 1 is 1.00 bits per heavy atom. The minimum atomic E-state index is 0.580. The van der Waals surface area contributed by atoms with E-state index in [1.165, 1.54) is 51.9 Å². The van der Waals surface area contributed by atoms with E-state index in [2.05, 4.69) is 16.0 Å². The number of hydrogen-bond acceptors (Lipinski definition) is 3. The van der Waals surface area contributed by atoms with Gasteiger partial charge in [0.15, 0.2) is 0 Å². The van der Waals surface area contributed by atoms with Crippen molar-refractivity contribution in [1.82, 2.24) is 16.0 Å². The second kappa shape index (κ2) is 3.47. The Balaban J connectivity index is 1.78. The topological polar surface area (TPSA) is 36.1 Å². The van der Waals surface area contributed by atoms with Crippen LogP contribution in [-0.2, 0) is 0 Å². The third-order valence-electron chi connectivity index (χ3n) is 4.43. The van der Waals surface area contributed by atoms with Gasteiger partial charge >= 0.3 is 0 Å². The van der Waals surface area contributed by atoms with E-state index in [9.17, 15) is 0 Å². The van der Waals surface area contributed by atoms with Crippen LogP contribution in [0, 0.1) is 5.41 Å². The average Bonchev–Trinajstić information content (AvgIpc) is 2.60. The van der Waals surface area contributed by atoms with Gasteiger partial charge in [0.25, 0.3) is 0 Å². The van der Waals surface area contributed by atoms with E-state index in [4.69, 9.17) is 0 Å². The summed E-state index contributed by atoms with van der Waals surface area (Å²) in [6.07, 6.45) is 5.44. The highest BCUT2D eigenvalue weighted by atomic mass is 15.1. The second-order valence-electron chi connectivity index (χ2n) is 5.17. The van der Waals surface area contributed by atoms with E-state index < -0.39 is 0 Å². The molecule has 3 aliphatic heterocycles. The molecule has 0 aliphatic carbocycles. The van der Waals surface area contributed by atoms with Crippen LogP contribution >= 0.6 is 0 Å². The van der Waals surface area contributed by atoms with E-state index in [1.54, 1.807) is 0 Å². The second-order valence-corrected chi connectivity index (χ2v) is 5.17. The molecular formula is C11H21N3. The third kappa shape index (κ3) is 1.30. The Bertz CT molecular complexity index is 211. The molecule has 2 unspecified atom stereocenters. The van der Waals surface area contributed by atoms with Gasteiger partial charge in [0, 0.05) is 24.0 Å². The third-order valence-corrected chi connectivity index (χ3v) is 4.43. The molecule has 3 rings (SSSR count). The molecule has 3 saturated heterocycles. The average molecular weight is 195 g/mol. The molecule has 3 fully saturated rings. The molecule has 0 aromatic rings. The summed E-state index contributed by atoms with van der Waals surface area (Å²) >= 11 is 0. The SMILES string of the molecule is C1CNC2C(C1)NCC21CCNCC1. The van der Waals surface area contributed by atoms with Gasteiger partial charge in [-0.25, -0.2) is 0 Å². The molecule has 3 heterocycles. The van der Waals surface area contributed by atoms with Gasteiger partial charge in [-0.05, 0) is 45.3 Å². The van der Waals surface area contributed by atoms with Crippen molar-refractivity contribution < 1.29 is 0 Å². The Morgan fingerprint density at radius 3 is 2.71 bits per heavy atom. The predicted molar refractivity (Wildman–Crippen MR) is 57.4 cm³/mol. The van der Waals surface area contributed by atoms with Crippen LogP contribution in [0.5, 0.6) is 0 Å². The number of rotatable bonds is 0. The van der Waals surface area contributed by atoms with Crippen LogP contribution in [0.25, 0.3) is 0 Å². The van der Waals surface area contributed by atoms with Gasteiger partial charge in [-0.1, -0.05) is 0 Å². The van der Waals surface area contributed by atoms with Crippen LogP contribution in [0.3, 0.4) is 0 Å². The fourth-order valence-corrected chi connectivity index (χ4v) is 3.61. The zero-order chi connectivity index (χ0) is 9.43. The van der Waals surface area contributed by atoms with Crippen molar-refractivity contribution in [3.63, 3.8) is 0 Å². The summed E-state index contributed by atoms with van der Waals surface area (Å²) in [5.41, 5.74) is 0.580. The molecule has 80 valence electrons. The maximum absolute atomic E-state index is 3.75. The van der Waals surface area contributed by atoms with Crippen molar-refractivity contribution in [1.29, 1.82) is 0 Å². The smallest absolute Gasteiger partial charge is 0.0290 e. The Morgan fingerprint density at radius 2 is 1.86 bits per heavy atom. The maximum Gasteiger partial charge on any atom is 0.0290 e. The normalized spacial score (nSPS) is 41.1. The molecule has 2 atom stereocenters. The van der Waals surface area contributed by atoms with Crippen molar-refractivity contribution in [2.24, 2.45) is 5.41 Å². The zero-order valence-electron chi connectivity index (χ0n) is 8.81. The van der Waals surface area contributed by atoms with Crippen LogP contribution in [0.15, 0.2) is 0 Å². The summed E-state index contributed by atoms with van der Waals surface area (Å²) in [5.74, 6) is 0. The Labute approximate surface area is 86.0 Å². The van der Waals surface area contributed by atoms with Gasteiger partial charge < -0.3 is 16.0 Å². The molecule has 0 amide bonds. The van der Waals surface area contributed by atoms with Gasteiger partial charge in [0.2, 0.25) is 0 Å². The van der Waals surface area contributed by atoms with Crippen LogP contribution in [0.1, 0.15) is 25.7 Å². The molecule has 0 bridgehead atoms. The first kappa shape index (κ1) is 9.13. The van der Waals surface area contributed by atoms with Crippen molar-refractivity contribution in [2.75, 3.05) is 26.2 Å². The van der Waals surface area contributed by atoms with E-state index in [0.29, 0.717) is 5.41 Å². The predicted octanol–water partition coefficient (Wildman–Crippen LogP) is 0.0800. The highest BCUT2D eigenvalue weighted by molar-refractivity contribution is 5.08. The van der Waals surface area contributed by atoms with E-state index in [-0.39, 0.29) is 0 Å². The number of hydrogen-bond donors (Lipinski definition) is 3. The van der Waals surface area contributed by atoms with E-state index in [1.807, 2.05) is 0 Å². The molecule has 1 spiro atoms. The summed E-state index contributed by atoms with van der Waals surface area (Å²) in [4.78, 5) is 0. The Hall–Kier alpha value is -0.120. The highest BCUT2D eigenvalue weighted by Gasteiger charge is 2.48. The van der Waals surface area contributed by atoms with Crippen molar-refractivity contribution >= 4 is 0 Å². The quantitative estimate of drug-likeness (QED) is 0.512. The molecule has 3 heteroatoms. The molecule has 14 heavy (non-hydrogen) atoms. The monoisotopic (exact) mass is 195 g/mol. The summed E-state index contributed by atoms with van der Waals surface area (Å²) < 4.78 is 0. The van der Waals surface area contributed by atoms with Gasteiger partial charge in [-0.2, -0.15) is 0 Å². The maximum atomic E-state index is 3.75. The fraction of sp³-hybridized carbons (Fsp3) is 1.00. The number of fused-ring (bicyclic) bond motifs is 2. The lowest BCUT2D eigenvalue weighted by atomic mass is 9.72. The van der Waals surface area contributed by atoms with Crippen LogP contribution < -0.4 is 16.0 Å². The molecule has 3 aliphatic rings. The fourth-order valence-electron chi connectivity index (χ4n) is 3.61. The molecule has 0 radical (unpaired) electrons. The largest absolute Gasteiger partial charge is 0.317 e. The standard InChI is InChI=1S/C11H21N3/c1-2-9-10(13-5-1)11(8-14-9)3-6-12-7-4-11/h9-10,12-14H,1-8H2. The van der Waals surface area contributed by atoms with Crippen LogP contribution in [0.2, 0.25) is 0 Å². The lowest BCUT2D eigenvalue weighted by Crippen LogP contribution is -2.54. The Kier molecular flexibility index (Phi) is 2.26. The number of piperidine rings is 2. The molecular weight excluding hydrogens is 174 g/mol. The van der Waals surface area contributed by atoms with Gasteiger partial charge in [-0.3, -0.25) is 0 Å². The lowest BCUT2D eigenvalue weighted by Gasteiger charge is -2.42. The van der Waals surface area contributed by atoms with Crippen LogP contribution in [0.4, 0.5) is 0 Å². The summed E-state index contributed by atoms with van der Waals surface area (Å²) in [7, 11) is 0. The van der Waals surface area contributed by atoms with Gasteiger partial charge in [-0.15, -0.1) is 0 Å². The van der Waals surface area contributed by atoms with Crippen molar-refractivity contribution in [3.05, 3.63) is 0 Å². The first-order chi connectivity index (χ1) is 6.91. The minimum absolute atomic E-state index is 0.580. The summed E-state index contributed by atoms with van der Waals surface area (Å²) in [6.45, 7) is 4.91. The van der Waals surface area contributed by atoms with Gasteiger partial charge in [0.1, 0.15) is 0 Å². The molecule has 0 saturated carbocycles. The summed E-state index contributed by atoms with van der Waals surface area (Å²) in [6, 6.07) is 1.53. The lowest BCUT2D eigenvalue weighted by molar-refractivity contribution is 0.156. The van der Waals surface area contributed by atoms with E-state index >= 15 is 0 Å². The van der Waals surface area contributed by atoms with Crippen molar-refractivity contribution in [2.45, 2.75) is 37.8 Å². The van der Waals surface area contributed by atoms with Crippen LogP contribution in [-0.4, -0.2) is 38.3 Å². The number of nitrogens with one attached hydrogen (secondary N) is 3. The highest BCUT2D eigenvalue weighted by Crippen LogP contribution is 2.39. The summed E-state index contributed by atoms with van der Waals surface area (Å²) in [5, 5.41) is 11.0.